The number of aliphatic hydroxyl groups excluding tert-OH is 2. The van der Waals surface area contributed by atoms with Crippen molar-refractivity contribution in [3.8, 4) is 0 Å². The van der Waals surface area contributed by atoms with Gasteiger partial charge in [0.25, 0.3) is 0 Å². The summed E-state index contributed by atoms with van der Waals surface area (Å²) in [6.07, 6.45) is -0.0797. The van der Waals surface area contributed by atoms with Crippen molar-refractivity contribution in [1.29, 1.82) is 5.41 Å². The van der Waals surface area contributed by atoms with E-state index in [-0.39, 0.29) is 50.7 Å². The van der Waals surface area contributed by atoms with Gasteiger partial charge in [-0.15, -0.1) is 0 Å². The van der Waals surface area contributed by atoms with Crippen molar-refractivity contribution < 1.29 is 58.5 Å². The lowest BCUT2D eigenvalue weighted by atomic mass is 10.1. The molecule has 1 aliphatic rings. The number of guanidine groups is 1. The lowest BCUT2D eigenvalue weighted by molar-refractivity contribution is -0.143. The van der Waals surface area contributed by atoms with Crippen LogP contribution in [0.25, 0.3) is 0 Å². The van der Waals surface area contributed by atoms with Crippen LogP contribution in [0.3, 0.4) is 0 Å². The lowest BCUT2D eigenvalue weighted by Gasteiger charge is -2.27. The summed E-state index contributed by atoms with van der Waals surface area (Å²) in [6, 6.07) is -8.10. The number of nitrogens with one attached hydrogen (secondary N) is 8. The zero-order chi connectivity index (χ0) is 41.8. The summed E-state index contributed by atoms with van der Waals surface area (Å²) in [4.78, 5) is 114. The SMILES string of the molecule is CC(C)[C@H](N)C(=O)NCC(=O)N1CCC[C@H]1C(=O)N[C@@H](CO)C(=O)N[C@@H](CCC(N)=O)C(=O)NCC(=O)N[C@@H](CCCNC(=N)N)C(=O)N[C@@H](CO)C(=O)O. The number of primary amides is 1. The van der Waals surface area contributed by atoms with E-state index in [2.05, 4.69) is 37.2 Å². The molecule has 0 aromatic rings. The van der Waals surface area contributed by atoms with Crippen molar-refractivity contribution in [3.05, 3.63) is 0 Å². The highest BCUT2D eigenvalue weighted by molar-refractivity contribution is 5.96. The summed E-state index contributed by atoms with van der Waals surface area (Å²) in [5.41, 5.74) is 16.2. The zero-order valence-corrected chi connectivity index (χ0v) is 30.7. The number of likely N-dealkylation sites (tertiary alicyclic amines) is 1. The van der Waals surface area contributed by atoms with Gasteiger partial charge in [-0.05, 0) is 38.0 Å². The van der Waals surface area contributed by atoms with Crippen LogP contribution in [0.2, 0.25) is 0 Å². The third-order valence-electron chi connectivity index (χ3n) is 8.30. The Labute approximate surface area is 316 Å². The van der Waals surface area contributed by atoms with E-state index in [0.29, 0.717) is 6.42 Å². The number of aliphatic hydroxyl groups is 2. The Hall–Kier alpha value is -5.62. The number of carboxylic acids is 1. The third kappa shape index (κ3) is 16.9. The Kier molecular flexibility index (Phi) is 20.6. The lowest BCUT2D eigenvalue weighted by Crippen LogP contribution is -2.58. The zero-order valence-electron chi connectivity index (χ0n) is 30.7. The van der Waals surface area contributed by atoms with Crippen molar-refractivity contribution in [2.75, 3.05) is 39.4 Å². The van der Waals surface area contributed by atoms with E-state index in [0.717, 1.165) is 0 Å². The number of nitrogens with two attached hydrogens (primary N) is 3. The normalized spacial score (nSPS) is 16.3. The Morgan fingerprint density at radius 2 is 1.35 bits per heavy atom. The summed E-state index contributed by atoms with van der Waals surface area (Å²) < 4.78 is 0. The molecule has 17 N–H and O–H groups in total. The number of carbonyl (C=O) groups is 9. The molecule has 1 rings (SSSR count). The van der Waals surface area contributed by atoms with E-state index >= 15 is 0 Å². The van der Waals surface area contributed by atoms with Gasteiger partial charge in [-0.1, -0.05) is 13.8 Å². The second-order valence-electron chi connectivity index (χ2n) is 12.9. The van der Waals surface area contributed by atoms with Crippen molar-refractivity contribution in [2.45, 2.75) is 88.6 Å². The minimum Gasteiger partial charge on any atom is -0.480 e. The number of hydrogen-bond acceptors (Lipinski definition) is 13. The minimum absolute atomic E-state index is 0.0918. The number of carboxylic acid groups (broad SMARTS) is 1. The molecule has 0 spiro atoms. The average Bonchev–Trinajstić information content (AvgIpc) is 3.63. The average molecular weight is 787 g/mol. The summed E-state index contributed by atoms with van der Waals surface area (Å²) >= 11 is 0. The van der Waals surface area contributed by atoms with Crippen molar-refractivity contribution in [1.82, 2.24) is 42.1 Å². The molecule has 0 unspecified atom stereocenters. The van der Waals surface area contributed by atoms with Gasteiger partial charge in [-0.25, -0.2) is 4.79 Å². The molecule has 1 fully saturated rings. The molecule has 0 aromatic heterocycles. The number of nitrogens with zero attached hydrogens (tertiary/aromatic N) is 1. The molecule has 0 saturated carbocycles. The summed E-state index contributed by atoms with van der Waals surface area (Å²) in [5, 5.41) is 51.7. The van der Waals surface area contributed by atoms with E-state index < -0.39 is 122 Å². The van der Waals surface area contributed by atoms with Gasteiger partial charge in [0.1, 0.15) is 30.2 Å². The molecule has 8 amide bonds. The van der Waals surface area contributed by atoms with Gasteiger partial charge >= 0.3 is 5.97 Å². The first-order valence-electron chi connectivity index (χ1n) is 17.4. The molecular formula is C31H54N12O12. The third-order valence-corrected chi connectivity index (χ3v) is 8.30. The molecule has 1 aliphatic heterocycles. The van der Waals surface area contributed by atoms with Gasteiger partial charge in [0.2, 0.25) is 47.3 Å². The van der Waals surface area contributed by atoms with Gasteiger partial charge in [0, 0.05) is 19.5 Å². The van der Waals surface area contributed by atoms with Crippen LogP contribution in [0.5, 0.6) is 0 Å². The second-order valence-corrected chi connectivity index (χ2v) is 12.9. The quantitative estimate of drug-likeness (QED) is 0.0246. The molecule has 0 aliphatic carbocycles. The Bertz CT molecular complexity index is 1410. The van der Waals surface area contributed by atoms with Crippen LogP contribution in [0.4, 0.5) is 0 Å². The van der Waals surface area contributed by atoms with Gasteiger partial charge < -0.3 is 74.6 Å². The topological polar surface area (TPSA) is 404 Å². The highest BCUT2D eigenvalue weighted by atomic mass is 16.4. The van der Waals surface area contributed by atoms with Crippen LogP contribution in [0.15, 0.2) is 0 Å². The van der Waals surface area contributed by atoms with Gasteiger partial charge in [-0.2, -0.15) is 0 Å². The first-order valence-corrected chi connectivity index (χ1v) is 17.4. The number of carbonyl (C=O) groups excluding carboxylic acids is 8. The molecule has 24 nitrogen and oxygen atoms in total. The highest BCUT2D eigenvalue weighted by Gasteiger charge is 2.37. The van der Waals surface area contributed by atoms with Crippen LogP contribution >= 0.6 is 0 Å². The number of aliphatic carboxylic acids is 1. The molecule has 310 valence electrons. The molecule has 55 heavy (non-hydrogen) atoms. The van der Waals surface area contributed by atoms with Crippen LogP contribution < -0.4 is 54.4 Å². The van der Waals surface area contributed by atoms with Gasteiger partial charge in [-0.3, -0.25) is 43.8 Å². The maximum Gasteiger partial charge on any atom is 0.328 e. The number of amides is 8. The fourth-order valence-corrected chi connectivity index (χ4v) is 5.10. The Morgan fingerprint density at radius 1 is 0.764 bits per heavy atom. The largest absolute Gasteiger partial charge is 0.480 e. The molecular weight excluding hydrogens is 732 g/mol. The van der Waals surface area contributed by atoms with E-state index in [1.54, 1.807) is 13.8 Å². The van der Waals surface area contributed by atoms with Crippen LogP contribution in [-0.2, 0) is 43.2 Å². The molecule has 1 saturated heterocycles. The van der Waals surface area contributed by atoms with Gasteiger partial charge in [0.05, 0.1) is 32.3 Å². The maximum atomic E-state index is 13.2. The predicted octanol–water partition coefficient (Wildman–Crippen LogP) is -7.27. The van der Waals surface area contributed by atoms with E-state index in [1.165, 1.54) is 4.90 Å². The fourth-order valence-electron chi connectivity index (χ4n) is 5.10. The Morgan fingerprint density at radius 3 is 1.91 bits per heavy atom. The predicted molar refractivity (Wildman–Crippen MR) is 191 cm³/mol. The summed E-state index contributed by atoms with van der Waals surface area (Å²) in [5.74, 6) is -8.85. The van der Waals surface area contributed by atoms with E-state index in [9.17, 15) is 53.4 Å². The minimum atomic E-state index is -1.68. The molecule has 24 heteroatoms. The molecule has 1 heterocycles. The van der Waals surface area contributed by atoms with Crippen molar-refractivity contribution >= 4 is 59.2 Å². The molecule has 0 aromatic carbocycles. The molecule has 6 atom stereocenters. The summed E-state index contributed by atoms with van der Waals surface area (Å²) in [7, 11) is 0. The van der Waals surface area contributed by atoms with E-state index in [4.69, 9.17) is 27.7 Å². The monoisotopic (exact) mass is 786 g/mol. The Balaban J connectivity index is 2.94. The van der Waals surface area contributed by atoms with Crippen molar-refractivity contribution in [3.63, 3.8) is 0 Å². The standard InChI is InChI=1S/C31H54N12O12/c1-15(2)24(33)29(53)38-12-23(48)43-10-4-6-20(43)28(52)41-18(13-44)27(51)40-17(7-8-21(32)46)25(49)37-11-22(47)39-16(5-3-9-36-31(34)35)26(50)42-19(14-45)30(54)55/h15-20,24,44-45H,3-14,33H2,1-2H3,(H2,32,46)(H,37,49)(H,38,53)(H,39,47)(H,40,51)(H,41,52)(H,42,50)(H,54,55)(H4,34,35,36)/t16-,17-,18-,19-,20-,24-/m0/s1. The number of rotatable bonds is 24. The van der Waals surface area contributed by atoms with E-state index in [1.807, 2.05) is 0 Å². The highest BCUT2D eigenvalue weighted by Crippen LogP contribution is 2.18. The van der Waals surface area contributed by atoms with Crippen LogP contribution in [-0.4, -0.2) is 155 Å². The smallest absolute Gasteiger partial charge is 0.328 e. The van der Waals surface area contributed by atoms with Crippen LogP contribution in [0, 0.1) is 11.3 Å². The first-order chi connectivity index (χ1) is 25.8. The maximum absolute atomic E-state index is 13.2. The van der Waals surface area contributed by atoms with Crippen LogP contribution in [0.1, 0.15) is 52.4 Å². The van der Waals surface area contributed by atoms with Crippen molar-refractivity contribution in [2.24, 2.45) is 23.1 Å². The second kappa shape index (κ2) is 23.9. The van der Waals surface area contributed by atoms with Gasteiger partial charge in [0.15, 0.2) is 5.96 Å². The summed E-state index contributed by atoms with van der Waals surface area (Å²) in [6.45, 7) is 0.645. The number of hydrogen-bond donors (Lipinski definition) is 14. The molecule has 0 bridgehead atoms. The first kappa shape index (κ1) is 47.4. The fraction of sp³-hybridized carbons (Fsp3) is 0.677. The molecule has 0 radical (unpaired) electrons.